The first kappa shape index (κ1) is 23.4. The molecule has 1 aromatic heterocycles. The molecule has 0 bridgehead atoms. The van der Waals surface area contributed by atoms with Gasteiger partial charge in [0.05, 0.1) is 24.4 Å². The molecule has 11 nitrogen and oxygen atoms in total. The zero-order valence-electron chi connectivity index (χ0n) is 17.5. The van der Waals surface area contributed by atoms with Crippen molar-refractivity contribution in [1.29, 1.82) is 0 Å². The number of sulfonamides is 1. The number of thioether (sulfide) groups is 1. The van der Waals surface area contributed by atoms with Crippen LogP contribution < -0.4 is 25.8 Å². The molecule has 1 heterocycles. The summed E-state index contributed by atoms with van der Waals surface area (Å²) in [5, 5.41) is 15.7. The number of primary sulfonamides is 1. The molecule has 32 heavy (non-hydrogen) atoms. The van der Waals surface area contributed by atoms with Crippen LogP contribution in [0, 0.1) is 0 Å². The van der Waals surface area contributed by atoms with Gasteiger partial charge in [-0.1, -0.05) is 11.8 Å². The minimum absolute atomic E-state index is 0.0446. The van der Waals surface area contributed by atoms with Crippen molar-refractivity contribution in [3.05, 3.63) is 42.5 Å². The highest BCUT2D eigenvalue weighted by atomic mass is 32.2. The number of nitrogens with two attached hydrogens (primary N) is 2. The van der Waals surface area contributed by atoms with Gasteiger partial charge in [-0.05, 0) is 49.4 Å². The fraction of sp³-hybridized carbons (Fsp3) is 0.211. The number of methoxy groups -OCH3 is 2. The van der Waals surface area contributed by atoms with E-state index in [2.05, 4.69) is 15.5 Å². The largest absolute Gasteiger partial charge is 0.493 e. The third-order valence-electron chi connectivity index (χ3n) is 4.41. The zero-order chi connectivity index (χ0) is 23.5. The summed E-state index contributed by atoms with van der Waals surface area (Å²) in [6.45, 7) is 1.68. The Morgan fingerprint density at radius 2 is 1.75 bits per heavy atom. The number of benzene rings is 2. The molecule has 0 saturated heterocycles. The number of anilines is 1. The fourth-order valence-electron chi connectivity index (χ4n) is 2.71. The van der Waals surface area contributed by atoms with Crippen molar-refractivity contribution in [2.45, 2.75) is 22.2 Å². The van der Waals surface area contributed by atoms with Gasteiger partial charge < -0.3 is 20.6 Å². The van der Waals surface area contributed by atoms with Crippen LogP contribution in [0.5, 0.6) is 11.5 Å². The Balaban J connectivity index is 1.71. The summed E-state index contributed by atoms with van der Waals surface area (Å²) in [5.41, 5.74) is 1.09. The van der Waals surface area contributed by atoms with E-state index in [9.17, 15) is 13.2 Å². The molecular weight excluding hydrogens is 456 g/mol. The Labute approximate surface area is 189 Å². The molecule has 170 valence electrons. The van der Waals surface area contributed by atoms with Gasteiger partial charge in [0.1, 0.15) is 0 Å². The minimum Gasteiger partial charge on any atom is -0.493 e. The van der Waals surface area contributed by atoms with Crippen molar-refractivity contribution in [3.8, 4) is 22.9 Å². The lowest BCUT2D eigenvalue weighted by molar-refractivity contribution is -0.115. The van der Waals surface area contributed by atoms with Crippen molar-refractivity contribution >= 4 is 33.4 Å². The second-order valence-corrected chi connectivity index (χ2v) is 9.43. The van der Waals surface area contributed by atoms with Crippen LogP contribution in [0.1, 0.15) is 6.92 Å². The summed E-state index contributed by atoms with van der Waals surface area (Å²) in [6, 6.07) is 10.8. The average molecular weight is 479 g/mol. The average Bonchev–Trinajstić information content (AvgIpc) is 3.12. The summed E-state index contributed by atoms with van der Waals surface area (Å²) in [4.78, 5) is 12.5. The number of aromatic nitrogens is 3. The normalized spacial score (nSPS) is 12.2. The number of ether oxygens (including phenoxy) is 2. The molecule has 0 fully saturated rings. The van der Waals surface area contributed by atoms with Crippen LogP contribution in [-0.2, 0) is 14.8 Å². The van der Waals surface area contributed by atoms with Gasteiger partial charge >= 0.3 is 0 Å². The number of nitrogen functional groups attached to an aromatic ring is 1. The van der Waals surface area contributed by atoms with Crippen molar-refractivity contribution in [2.24, 2.45) is 5.14 Å². The van der Waals surface area contributed by atoms with Gasteiger partial charge in [-0.25, -0.2) is 18.2 Å². The number of carbonyl (C=O) groups excluding carboxylic acids is 1. The van der Waals surface area contributed by atoms with Gasteiger partial charge in [0.15, 0.2) is 17.3 Å². The number of carbonyl (C=O) groups is 1. The number of nitrogens with one attached hydrogen (secondary N) is 1. The summed E-state index contributed by atoms with van der Waals surface area (Å²) in [5.74, 6) is 7.30. The summed E-state index contributed by atoms with van der Waals surface area (Å²) in [7, 11) is -0.736. The SMILES string of the molecule is COc1ccc(-c2nnc(S[C@H](C)C(=O)Nc3ccc(S(N)(=O)=O)cc3)n2N)cc1OC. The van der Waals surface area contributed by atoms with Gasteiger partial charge in [-0.15, -0.1) is 10.2 Å². The van der Waals surface area contributed by atoms with Crippen LogP contribution >= 0.6 is 11.8 Å². The molecule has 1 atom stereocenters. The first-order valence-corrected chi connectivity index (χ1v) is 11.6. The molecule has 0 spiro atoms. The van der Waals surface area contributed by atoms with Crippen LogP contribution in [0.15, 0.2) is 52.5 Å². The summed E-state index contributed by atoms with van der Waals surface area (Å²) < 4.78 is 34.5. The maximum absolute atomic E-state index is 12.5. The Bertz CT molecular complexity index is 1230. The lowest BCUT2D eigenvalue weighted by atomic mass is 10.2. The first-order chi connectivity index (χ1) is 15.1. The number of rotatable bonds is 8. The second kappa shape index (κ2) is 9.46. The predicted octanol–water partition coefficient (Wildman–Crippen LogP) is 1.44. The monoisotopic (exact) mass is 478 g/mol. The highest BCUT2D eigenvalue weighted by molar-refractivity contribution is 8.00. The Kier molecular flexibility index (Phi) is 6.91. The molecule has 0 radical (unpaired) electrons. The maximum atomic E-state index is 12.5. The summed E-state index contributed by atoms with van der Waals surface area (Å²) >= 11 is 1.12. The number of amides is 1. The second-order valence-electron chi connectivity index (χ2n) is 6.56. The van der Waals surface area contributed by atoms with Gasteiger partial charge in [-0.2, -0.15) is 0 Å². The Morgan fingerprint density at radius 3 is 2.34 bits per heavy atom. The standard InChI is InChI=1S/C19H22N6O5S2/c1-11(18(26)22-13-5-7-14(8-6-13)32(21,27)28)31-19-24-23-17(25(19)20)12-4-9-15(29-2)16(10-12)30-3/h4-11H,20H2,1-3H3,(H,22,26)(H2,21,27,28)/t11-/m1/s1. The highest BCUT2D eigenvalue weighted by Gasteiger charge is 2.21. The molecule has 0 aliphatic rings. The van der Waals surface area contributed by atoms with Crippen LogP contribution in [0.25, 0.3) is 11.4 Å². The molecule has 0 unspecified atom stereocenters. The van der Waals surface area contributed by atoms with Gasteiger partial charge in [0.2, 0.25) is 21.1 Å². The zero-order valence-corrected chi connectivity index (χ0v) is 19.1. The van der Waals surface area contributed by atoms with Crippen LogP contribution in [0.3, 0.4) is 0 Å². The van der Waals surface area contributed by atoms with Crippen molar-refractivity contribution in [3.63, 3.8) is 0 Å². The van der Waals surface area contributed by atoms with E-state index in [0.717, 1.165) is 11.8 Å². The number of hydrogen-bond acceptors (Lipinski definition) is 9. The Morgan fingerprint density at radius 1 is 1.09 bits per heavy atom. The topological polar surface area (TPSA) is 164 Å². The molecule has 2 aromatic carbocycles. The molecule has 3 aromatic rings. The van der Waals surface area contributed by atoms with E-state index < -0.39 is 15.3 Å². The van der Waals surface area contributed by atoms with Crippen LogP contribution in [-0.4, -0.2) is 48.7 Å². The third-order valence-corrected chi connectivity index (χ3v) is 6.39. The lowest BCUT2D eigenvalue weighted by Gasteiger charge is -2.12. The molecule has 0 aliphatic heterocycles. The summed E-state index contributed by atoms with van der Waals surface area (Å²) in [6.07, 6.45) is 0. The van der Waals surface area contributed by atoms with E-state index in [-0.39, 0.29) is 10.8 Å². The maximum Gasteiger partial charge on any atom is 0.238 e. The van der Waals surface area contributed by atoms with Crippen molar-refractivity contribution in [2.75, 3.05) is 25.4 Å². The van der Waals surface area contributed by atoms with Crippen molar-refractivity contribution in [1.82, 2.24) is 14.9 Å². The molecule has 1 amide bonds. The van der Waals surface area contributed by atoms with Crippen LogP contribution in [0.2, 0.25) is 0 Å². The minimum atomic E-state index is -3.80. The molecule has 3 rings (SSSR count). The molecule has 13 heteroatoms. The number of hydrogen-bond donors (Lipinski definition) is 3. The predicted molar refractivity (Wildman–Crippen MR) is 120 cm³/mol. The molecule has 0 aliphatic carbocycles. The number of nitrogens with zero attached hydrogens (tertiary/aromatic N) is 3. The fourth-order valence-corrected chi connectivity index (χ4v) is 4.00. The van der Waals surface area contributed by atoms with E-state index in [0.29, 0.717) is 33.7 Å². The van der Waals surface area contributed by atoms with E-state index in [1.54, 1.807) is 32.2 Å². The van der Waals surface area contributed by atoms with E-state index >= 15 is 0 Å². The molecule has 5 N–H and O–H groups in total. The van der Waals surface area contributed by atoms with Gasteiger partial charge in [0.25, 0.3) is 0 Å². The van der Waals surface area contributed by atoms with Gasteiger partial charge in [0, 0.05) is 11.3 Å². The van der Waals surface area contributed by atoms with E-state index in [4.69, 9.17) is 20.5 Å². The smallest absolute Gasteiger partial charge is 0.238 e. The van der Waals surface area contributed by atoms with Gasteiger partial charge in [-0.3, -0.25) is 4.79 Å². The quantitative estimate of drug-likeness (QED) is 0.321. The highest BCUT2D eigenvalue weighted by Crippen LogP contribution is 2.32. The Hall–Kier alpha value is -3.29. The van der Waals surface area contributed by atoms with E-state index in [1.807, 2.05) is 0 Å². The third kappa shape index (κ3) is 5.12. The molecular formula is C19H22N6O5S2. The van der Waals surface area contributed by atoms with Crippen molar-refractivity contribution < 1.29 is 22.7 Å². The van der Waals surface area contributed by atoms with E-state index in [1.165, 1.54) is 36.1 Å². The molecule has 0 saturated carbocycles. The lowest BCUT2D eigenvalue weighted by Crippen LogP contribution is -2.23. The first-order valence-electron chi connectivity index (χ1n) is 9.17. The van der Waals surface area contributed by atoms with Crippen LogP contribution in [0.4, 0.5) is 5.69 Å².